The molecule has 11 heteroatoms. The Balaban J connectivity index is 1.43. The summed E-state index contributed by atoms with van der Waals surface area (Å²) in [6.45, 7) is 4.87. The SMILES string of the molecule is C[C@@]12C[C@H]3OC(=O)[C@@H]1CO[C@]14O[C@]5([C@H]2C1=O)[C@@](O)(CC[C@H]1[C@H]4C[C@@H](O)[C@@]2(Cl)CC=CC(=O)[C@]12C)C(=O)O[C@@]35C. The molecule has 0 radical (unpaired) electrons. The lowest BCUT2D eigenvalue weighted by Crippen LogP contribution is -2.79. The highest BCUT2D eigenvalue weighted by Gasteiger charge is 2.93. The second-order valence-electron chi connectivity index (χ2n) is 13.7. The van der Waals surface area contributed by atoms with Crippen molar-refractivity contribution in [3.8, 4) is 0 Å². The van der Waals surface area contributed by atoms with Crippen molar-refractivity contribution in [2.45, 2.75) is 92.5 Å². The van der Waals surface area contributed by atoms with Crippen molar-refractivity contribution in [2.75, 3.05) is 6.61 Å². The summed E-state index contributed by atoms with van der Waals surface area (Å²) in [6, 6.07) is 0. The van der Waals surface area contributed by atoms with Crippen LogP contribution in [-0.4, -0.2) is 80.0 Å². The van der Waals surface area contributed by atoms with E-state index < -0.39 is 91.9 Å². The number of fused-ring (bicyclic) bond motifs is 5. The van der Waals surface area contributed by atoms with Gasteiger partial charge in [-0.1, -0.05) is 19.9 Å². The van der Waals surface area contributed by atoms with Gasteiger partial charge in [0.15, 0.2) is 28.4 Å². The molecule has 5 saturated heterocycles. The number of ketones is 2. The van der Waals surface area contributed by atoms with Gasteiger partial charge in [-0.15, -0.1) is 11.6 Å². The van der Waals surface area contributed by atoms with Crippen LogP contribution in [0.3, 0.4) is 0 Å². The molecule has 39 heavy (non-hydrogen) atoms. The van der Waals surface area contributed by atoms with E-state index in [1.165, 1.54) is 6.08 Å². The Kier molecular flexibility index (Phi) is 4.23. The second kappa shape index (κ2) is 6.62. The quantitative estimate of drug-likeness (QED) is 0.323. The lowest BCUT2D eigenvalue weighted by atomic mass is 9.46. The Bertz CT molecular complexity index is 1330. The molecule has 0 aromatic heterocycles. The topological polar surface area (TPSA) is 146 Å². The van der Waals surface area contributed by atoms with E-state index in [-0.39, 0.29) is 44.5 Å². The van der Waals surface area contributed by atoms with Crippen molar-refractivity contribution in [1.82, 2.24) is 0 Å². The Morgan fingerprint density at radius 3 is 2.59 bits per heavy atom. The summed E-state index contributed by atoms with van der Waals surface area (Å²) in [5, 5.41) is 24.0. The molecule has 5 aliphatic heterocycles. The van der Waals surface area contributed by atoms with E-state index in [2.05, 4.69) is 0 Å². The van der Waals surface area contributed by atoms with Gasteiger partial charge in [-0.2, -0.15) is 0 Å². The van der Waals surface area contributed by atoms with Gasteiger partial charge in [-0.25, -0.2) is 4.79 Å². The van der Waals surface area contributed by atoms with Gasteiger partial charge in [0.1, 0.15) is 6.10 Å². The van der Waals surface area contributed by atoms with E-state index in [0.29, 0.717) is 0 Å². The molecule has 0 aromatic carbocycles. The Morgan fingerprint density at radius 2 is 1.85 bits per heavy atom. The number of hydrogen-bond donors (Lipinski definition) is 2. The van der Waals surface area contributed by atoms with E-state index in [9.17, 15) is 29.4 Å². The number of aliphatic hydroxyl groups excluding tert-OH is 1. The van der Waals surface area contributed by atoms with E-state index in [0.717, 1.165) is 0 Å². The zero-order chi connectivity index (χ0) is 27.8. The van der Waals surface area contributed by atoms with Crippen molar-refractivity contribution in [3.63, 3.8) is 0 Å². The molecule has 2 spiro atoms. The van der Waals surface area contributed by atoms with Crippen LogP contribution in [-0.2, 0) is 38.1 Å². The van der Waals surface area contributed by atoms with Gasteiger partial charge in [0, 0.05) is 5.92 Å². The third-order valence-corrected chi connectivity index (χ3v) is 13.4. The van der Waals surface area contributed by atoms with Gasteiger partial charge in [0.25, 0.3) is 0 Å². The van der Waals surface area contributed by atoms with Gasteiger partial charge in [0.05, 0.1) is 34.8 Å². The predicted molar refractivity (Wildman–Crippen MR) is 129 cm³/mol. The molecule has 0 amide bonds. The van der Waals surface area contributed by atoms with Crippen LogP contribution in [0.5, 0.6) is 0 Å². The zero-order valence-electron chi connectivity index (χ0n) is 21.9. The molecule has 10 nitrogen and oxygen atoms in total. The number of carbonyl (C=O) groups is 4. The van der Waals surface area contributed by atoms with Gasteiger partial charge in [0.2, 0.25) is 5.79 Å². The molecule has 2 saturated carbocycles. The number of carbonyl (C=O) groups excluding carboxylic acids is 4. The standard InChI is InChI=1S/C28H31ClO10/c1-22-10-17-24(3)28-18(22)19(32)27(39-28,36-11-14(22)20(33)37-17)13-9-16(31)25(29)7-4-5-15(30)23(25,2)12(13)6-8-26(28,35)21(34)38-24/h4-5,12-14,16-18,31,35H,6-11H2,1-3H3/t12-,13+,14-,16+,17+,18-,22+,23-,24-,25-,26+,27+,28-/m0/s1. The largest absolute Gasteiger partial charge is 0.458 e. The number of aliphatic hydroxyl groups is 2. The molecule has 0 unspecified atom stereocenters. The minimum absolute atomic E-state index is 0.00137. The maximum Gasteiger partial charge on any atom is 0.342 e. The lowest BCUT2D eigenvalue weighted by Gasteiger charge is -2.64. The minimum atomic E-state index is -2.28. The van der Waals surface area contributed by atoms with Gasteiger partial charge in [-0.05, 0) is 56.4 Å². The molecule has 7 fully saturated rings. The highest BCUT2D eigenvalue weighted by Crippen LogP contribution is 2.75. The van der Waals surface area contributed by atoms with E-state index in [1.54, 1.807) is 26.8 Å². The predicted octanol–water partition coefficient (Wildman–Crippen LogP) is 0.969. The van der Waals surface area contributed by atoms with Crippen LogP contribution in [0.2, 0.25) is 0 Å². The number of allylic oxidation sites excluding steroid dienone is 2. The van der Waals surface area contributed by atoms with Crippen LogP contribution in [0.25, 0.3) is 0 Å². The Hall–Kier alpha value is -1.85. The monoisotopic (exact) mass is 562 g/mol. The first kappa shape index (κ1) is 24.9. The summed E-state index contributed by atoms with van der Waals surface area (Å²) in [5.41, 5.74) is -8.24. The van der Waals surface area contributed by atoms with Crippen LogP contribution < -0.4 is 0 Å². The van der Waals surface area contributed by atoms with Gasteiger partial charge < -0.3 is 29.2 Å². The molecular weight excluding hydrogens is 532 g/mol. The van der Waals surface area contributed by atoms with E-state index in [4.69, 9.17) is 30.5 Å². The van der Waals surface area contributed by atoms with E-state index in [1.807, 2.05) is 0 Å². The summed E-state index contributed by atoms with van der Waals surface area (Å²) in [4.78, 5) is 54.3. The Labute approximate surface area is 229 Å². The average Bonchev–Trinajstić information content (AvgIpc) is 3.19. The molecule has 0 aromatic rings. The van der Waals surface area contributed by atoms with Crippen LogP contribution in [0.15, 0.2) is 12.2 Å². The minimum Gasteiger partial charge on any atom is -0.458 e. The molecule has 2 N–H and O–H groups in total. The molecule has 5 bridgehead atoms. The number of rotatable bonds is 0. The molecular formula is C28H31ClO10. The molecule has 5 heterocycles. The highest BCUT2D eigenvalue weighted by molar-refractivity contribution is 6.28. The lowest BCUT2D eigenvalue weighted by molar-refractivity contribution is -0.378. The maximum atomic E-state index is 14.9. The van der Waals surface area contributed by atoms with Crippen LogP contribution in [0.4, 0.5) is 0 Å². The first-order valence-electron chi connectivity index (χ1n) is 13.8. The third-order valence-electron chi connectivity index (χ3n) is 12.6. The maximum absolute atomic E-state index is 14.9. The summed E-state index contributed by atoms with van der Waals surface area (Å²) in [6.07, 6.45) is 1.39. The third kappa shape index (κ3) is 2.15. The van der Waals surface area contributed by atoms with Crippen LogP contribution in [0.1, 0.15) is 52.9 Å². The van der Waals surface area contributed by atoms with Crippen molar-refractivity contribution >= 4 is 35.1 Å². The second-order valence-corrected chi connectivity index (χ2v) is 14.4. The van der Waals surface area contributed by atoms with Crippen LogP contribution in [0, 0.1) is 34.5 Å². The first-order valence-corrected chi connectivity index (χ1v) is 14.2. The molecule has 13 atom stereocenters. The van der Waals surface area contributed by atoms with Gasteiger partial charge in [-0.3, -0.25) is 14.4 Å². The fourth-order valence-electron chi connectivity index (χ4n) is 10.5. The number of Topliss-reactive ketones (excluding diaryl/α,β-unsaturated/α-hetero) is 1. The average molecular weight is 563 g/mol. The van der Waals surface area contributed by atoms with E-state index >= 15 is 0 Å². The summed E-state index contributed by atoms with van der Waals surface area (Å²) in [7, 11) is 0. The summed E-state index contributed by atoms with van der Waals surface area (Å²) in [5.74, 6) is -7.85. The van der Waals surface area contributed by atoms with Crippen molar-refractivity contribution in [1.29, 1.82) is 0 Å². The number of ether oxygens (including phenoxy) is 4. The molecule has 210 valence electrons. The number of esters is 2. The smallest absolute Gasteiger partial charge is 0.342 e. The molecule has 8 aliphatic rings. The first-order chi connectivity index (χ1) is 18.2. The fourth-order valence-corrected chi connectivity index (χ4v) is 10.9. The molecule has 8 rings (SSSR count). The molecule has 3 aliphatic carbocycles. The van der Waals surface area contributed by atoms with Gasteiger partial charge >= 0.3 is 11.9 Å². The number of alkyl halides is 1. The zero-order valence-corrected chi connectivity index (χ0v) is 22.7. The van der Waals surface area contributed by atoms with Crippen molar-refractivity contribution in [2.24, 2.45) is 34.5 Å². The number of hydrogen-bond acceptors (Lipinski definition) is 10. The summed E-state index contributed by atoms with van der Waals surface area (Å²) >= 11 is 7.12. The fraction of sp³-hybridized carbons (Fsp3) is 0.786. The Morgan fingerprint density at radius 1 is 1.10 bits per heavy atom. The normalized spacial score (nSPS) is 62.0. The van der Waals surface area contributed by atoms with Crippen molar-refractivity contribution in [3.05, 3.63) is 12.2 Å². The highest BCUT2D eigenvalue weighted by atomic mass is 35.5. The van der Waals surface area contributed by atoms with Crippen molar-refractivity contribution < 1.29 is 48.3 Å². The number of halogens is 1. The summed E-state index contributed by atoms with van der Waals surface area (Å²) < 4.78 is 25.0. The van der Waals surface area contributed by atoms with Crippen LogP contribution >= 0.6 is 11.6 Å².